The summed E-state index contributed by atoms with van der Waals surface area (Å²) in [7, 11) is 1.90. The molecule has 1 unspecified atom stereocenters. The molecule has 7 heteroatoms. The van der Waals surface area contributed by atoms with Crippen molar-refractivity contribution in [3.63, 3.8) is 0 Å². The number of aromatic nitrogens is 6. The highest BCUT2D eigenvalue weighted by atomic mass is 16.5. The molecule has 0 aliphatic carbocycles. The molecule has 0 spiro atoms. The molecule has 0 fully saturated rings. The van der Waals surface area contributed by atoms with Crippen molar-refractivity contribution in [1.82, 2.24) is 29.9 Å². The minimum absolute atomic E-state index is 0.191. The molecule has 3 aromatic heterocycles. The van der Waals surface area contributed by atoms with Gasteiger partial charge in [-0.3, -0.25) is 19.7 Å². The first-order valence-corrected chi connectivity index (χ1v) is 10.4. The van der Waals surface area contributed by atoms with Crippen LogP contribution in [0.15, 0.2) is 55.1 Å². The van der Waals surface area contributed by atoms with E-state index in [0.717, 1.165) is 44.5 Å². The normalized spacial score (nSPS) is 12.7. The third-order valence-corrected chi connectivity index (χ3v) is 5.56. The van der Waals surface area contributed by atoms with Gasteiger partial charge in [0.15, 0.2) is 0 Å². The second-order valence-corrected chi connectivity index (χ2v) is 8.13. The molecule has 0 saturated heterocycles. The highest BCUT2D eigenvalue weighted by Crippen LogP contribution is 2.33. The maximum Gasteiger partial charge on any atom is 0.123 e. The third kappa shape index (κ3) is 3.52. The fourth-order valence-electron chi connectivity index (χ4n) is 3.87. The van der Waals surface area contributed by atoms with E-state index < -0.39 is 0 Å². The standard InChI is InChI=1S/C24H24N6O/c1-14(2)16-9-19(24-22(10-16)25-7-8-26-24)15(3)31-18-5-6-21-20(11-18)23(29-28-21)17-12-27-30(4)13-17/h5-15H,1-4H3,(H,28,29). The van der Waals surface area contributed by atoms with Gasteiger partial charge >= 0.3 is 0 Å². The Labute approximate surface area is 180 Å². The first kappa shape index (κ1) is 19.2. The number of aromatic amines is 1. The van der Waals surface area contributed by atoms with Crippen molar-refractivity contribution >= 4 is 21.9 Å². The van der Waals surface area contributed by atoms with E-state index in [-0.39, 0.29) is 6.10 Å². The van der Waals surface area contributed by atoms with E-state index in [4.69, 9.17) is 4.74 Å². The lowest BCUT2D eigenvalue weighted by molar-refractivity contribution is 0.228. The summed E-state index contributed by atoms with van der Waals surface area (Å²) >= 11 is 0. The fraction of sp³-hybridized carbons (Fsp3) is 0.250. The van der Waals surface area contributed by atoms with E-state index in [9.17, 15) is 0 Å². The van der Waals surface area contributed by atoms with E-state index in [1.54, 1.807) is 17.1 Å². The average Bonchev–Trinajstić information content (AvgIpc) is 3.38. The Bertz CT molecular complexity index is 1380. The zero-order chi connectivity index (χ0) is 21.5. The van der Waals surface area contributed by atoms with Crippen LogP contribution in [-0.4, -0.2) is 29.9 Å². The largest absolute Gasteiger partial charge is 0.486 e. The summed E-state index contributed by atoms with van der Waals surface area (Å²) in [6, 6.07) is 10.3. The summed E-state index contributed by atoms with van der Waals surface area (Å²) in [4.78, 5) is 9.09. The van der Waals surface area contributed by atoms with Gasteiger partial charge in [0.25, 0.3) is 0 Å². The van der Waals surface area contributed by atoms with Crippen LogP contribution in [0.5, 0.6) is 5.75 Å². The number of ether oxygens (including phenoxy) is 1. The Morgan fingerprint density at radius 2 is 1.87 bits per heavy atom. The Balaban J connectivity index is 1.53. The summed E-state index contributed by atoms with van der Waals surface area (Å²) in [5.74, 6) is 1.17. The van der Waals surface area contributed by atoms with Gasteiger partial charge in [-0.15, -0.1) is 0 Å². The number of nitrogens with one attached hydrogen (secondary N) is 1. The van der Waals surface area contributed by atoms with Gasteiger partial charge in [-0.1, -0.05) is 13.8 Å². The molecule has 0 bridgehead atoms. The summed E-state index contributed by atoms with van der Waals surface area (Å²) in [5, 5.41) is 12.8. The molecule has 5 aromatic rings. The molecule has 5 rings (SSSR count). The maximum absolute atomic E-state index is 6.39. The first-order valence-electron chi connectivity index (χ1n) is 10.4. The van der Waals surface area contributed by atoms with Gasteiger partial charge in [0, 0.05) is 42.2 Å². The van der Waals surface area contributed by atoms with Crippen molar-refractivity contribution in [3.05, 3.63) is 66.2 Å². The summed E-state index contributed by atoms with van der Waals surface area (Å²) < 4.78 is 8.16. The van der Waals surface area contributed by atoms with Gasteiger partial charge in [-0.05, 0) is 48.7 Å². The molecule has 0 aliphatic rings. The third-order valence-electron chi connectivity index (χ3n) is 5.56. The molecule has 0 saturated carbocycles. The van der Waals surface area contributed by atoms with Crippen LogP contribution in [0.25, 0.3) is 33.2 Å². The quantitative estimate of drug-likeness (QED) is 0.431. The molecule has 0 aliphatic heterocycles. The topological polar surface area (TPSA) is 81.5 Å². The number of fused-ring (bicyclic) bond motifs is 2. The van der Waals surface area contributed by atoms with E-state index in [1.807, 2.05) is 37.6 Å². The Morgan fingerprint density at radius 3 is 2.65 bits per heavy atom. The molecule has 0 amide bonds. The van der Waals surface area contributed by atoms with Crippen LogP contribution in [0.4, 0.5) is 0 Å². The van der Waals surface area contributed by atoms with Gasteiger partial charge in [0.2, 0.25) is 0 Å². The Kier molecular flexibility index (Phi) is 4.66. The number of aryl methyl sites for hydroxylation is 1. The number of nitrogens with zero attached hydrogens (tertiary/aromatic N) is 5. The molecule has 156 valence electrons. The fourth-order valence-corrected chi connectivity index (χ4v) is 3.87. The van der Waals surface area contributed by atoms with E-state index in [2.05, 4.69) is 58.2 Å². The second kappa shape index (κ2) is 7.50. The first-order chi connectivity index (χ1) is 15.0. The van der Waals surface area contributed by atoms with Crippen LogP contribution < -0.4 is 4.74 Å². The molecular formula is C24H24N6O. The zero-order valence-electron chi connectivity index (χ0n) is 18.0. The molecule has 2 aromatic carbocycles. The summed E-state index contributed by atoms with van der Waals surface area (Å²) in [5.41, 5.74) is 6.81. The van der Waals surface area contributed by atoms with Crippen LogP contribution in [0.3, 0.4) is 0 Å². The van der Waals surface area contributed by atoms with E-state index in [0.29, 0.717) is 5.92 Å². The molecular weight excluding hydrogens is 388 g/mol. The smallest absolute Gasteiger partial charge is 0.123 e. The van der Waals surface area contributed by atoms with Crippen molar-refractivity contribution in [2.75, 3.05) is 0 Å². The summed E-state index contributed by atoms with van der Waals surface area (Å²) in [6.45, 7) is 6.41. The number of benzene rings is 2. The van der Waals surface area contributed by atoms with Crippen LogP contribution in [-0.2, 0) is 7.05 Å². The maximum atomic E-state index is 6.39. The van der Waals surface area contributed by atoms with E-state index in [1.165, 1.54) is 5.56 Å². The minimum atomic E-state index is -0.191. The Hall–Kier alpha value is -3.74. The monoisotopic (exact) mass is 412 g/mol. The highest BCUT2D eigenvalue weighted by molar-refractivity contribution is 5.93. The van der Waals surface area contributed by atoms with Crippen molar-refractivity contribution in [2.45, 2.75) is 32.8 Å². The van der Waals surface area contributed by atoms with Gasteiger partial charge in [0.1, 0.15) is 17.5 Å². The van der Waals surface area contributed by atoms with E-state index >= 15 is 0 Å². The minimum Gasteiger partial charge on any atom is -0.486 e. The van der Waals surface area contributed by atoms with Crippen LogP contribution in [0, 0.1) is 0 Å². The summed E-state index contributed by atoms with van der Waals surface area (Å²) in [6.07, 6.45) is 7.03. The lowest BCUT2D eigenvalue weighted by Gasteiger charge is -2.18. The molecule has 3 heterocycles. The van der Waals surface area contributed by atoms with Crippen molar-refractivity contribution in [3.8, 4) is 17.0 Å². The van der Waals surface area contributed by atoms with Crippen molar-refractivity contribution in [1.29, 1.82) is 0 Å². The van der Waals surface area contributed by atoms with Crippen molar-refractivity contribution < 1.29 is 4.74 Å². The lowest BCUT2D eigenvalue weighted by Crippen LogP contribution is -2.06. The van der Waals surface area contributed by atoms with Gasteiger partial charge in [-0.2, -0.15) is 10.2 Å². The molecule has 31 heavy (non-hydrogen) atoms. The molecule has 1 atom stereocenters. The molecule has 0 radical (unpaired) electrons. The number of hydrogen-bond acceptors (Lipinski definition) is 5. The van der Waals surface area contributed by atoms with Crippen LogP contribution in [0.2, 0.25) is 0 Å². The van der Waals surface area contributed by atoms with Crippen molar-refractivity contribution in [2.24, 2.45) is 7.05 Å². The average molecular weight is 412 g/mol. The van der Waals surface area contributed by atoms with Crippen LogP contribution >= 0.6 is 0 Å². The second-order valence-electron chi connectivity index (χ2n) is 8.13. The van der Waals surface area contributed by atoms with Gasteiger partial charge in [0.05, 0.1) is 22.7 Å². The number of H-pyrrole nitrogens is 1. The predicted octanol–water partition coefficient (Wildman–Crippen LogP) is 5.17. The van der Waals surface area contributed by atoms with Crippen LogP contribution in [0.1, 0.15) is 43.9 Å². The SMILES string of the molecule is CC(C)c1cc(C(C)Oc2ccc3[nH]nc(-c4cnn(C)c4)c3c2)c2nccnc2c1. The Morgan fingerprint density at radius 1 is 1.03 bits per heavy atom. The van der Waals surface area contributed by atoms with Gasteiger partial charge in [-0.25, -0.2) is 0 Å². The molecule has 1 N–H and O–H groups in total. The molecule has 7 nitrogen and oxygen atoms in total. The zero-order valence-corrected chi connectivity index (χ0v) is 18.0. The van der Waals surface area contributed by atoms with Gasteiger partial charge < -0.3 is 4.74 Å². The predicted molar refractivity (Wildman–Crippen MR) is 121 cm³/mol. The number of hydrogen-bond donors (Lipinski definition) is 1. The number of rotatable bonds is 5. The lowest BCUT2D eigenvalue weighted by atomic mass is 9.97. The highest BCUT2D eigenvalue weighted by Gasteiger charge is 2.17.